The van der Waals surface area contributed by atoms with Crippen LogP contribution in [0.3, 0.4) is 0 Å². The van der Waals surface area contributed by atoms with E-state index in [-0.39, 0.29) is 5.91 Å². The zero-order chi connectivity index (χ0) is 24.3. The third kappa shape index (κ3) is 4.66. The molecule has 1 saturated heterocycles. The van der Waals surface area contributed by atoms with Crippen molar-refractivity contribution in [2.45, 2.75) is 6.42 Å². The van der Waals surface area contributed by atoms with E-state index in [0.29, 0.717) is 5.56 Å². The summed E-state index contributed by atoms with van der Waals surface area (Å²) in [7, 11) is 0. The number of morpholine rings is 1. The standard InChI is InChI=1S/C31H27N3O2/c35-31(32-27-11-13-28(14-12-27)34-16-18-36-19-17-34)24-8-6-23(7-9-24)30-21-26-20-25(10-15-29(26)33-30)22-4-2-1-3-5-22/h1-15,20H,16-19,21H2,(H,32,35). The molecular formula is C31H27N3O2. The topological polar surface area (TPSA) is 53.9 Å². The molecule has 0 aliphatic carbocycles. The molecule has 0 bridgehead atoms. The minimum Gasteiger partial charge on any atom is -0.378 e. The van der Waals surface area contributed by atoms with E-state index in [1.54, 1.807) is 0 Å². The molecule has 1 amide bonds. The van der Waals surface area contributed by atoms with Crippen LogP contribution in [0.2, 0.25) is 0 Å². The van der Waals surface area contributed by atoms with E-state index in [4.69, 9.17) is 9.73 Å². The van der Waals surface area contributed by atoms with Gasteiger partial charge in [-0.25, -0.2) is 0 Å². The third-order valence-corrected chi connectivity index (χ3v) is 6.78. The van der Waals surface area contributed by atoms with E-state index in [1.807, 2.05) is 54.6 Å². The molecule has 2 aliphatic rings. The lowest BCUT2D eigenvalue weighted by Gasteiger charge is -2.28. The monoisotopic (exact) mass is 473 g/mol. The maximum Gasteiger partial charge on any atom is 0.255 e. The van der Waals surface area contributed by atoms with Crippen molar-refractivity contribution in [2.75, 3.05) is 36.5 Å². The molecule has 5 nitrogen and oxygen atoms in total. The highest BCUT2D eigenvalue weighted by atomic mass is 16.5. The molecule has 0 spiro atoms. The molecule has 0 saturated carbocycles. The first-order valence-electron chi connectivity index (χ1n) is 12.3. The van der Waals surface area contributed by atoms with Gasteiger partial charge in [0.15, 0.2) is 0 Å². The normalized spacial score (nSPS) is 14.8. The number of hydrogen-bond acceptors (Lipinski definition) is 4. The van der Waals surface area contributed by atoms with Crippen LogP contribution in [0.1, 0.15) is 21.5 Å². The lowest BCUT2D eigenvalue weighted by molar-refractivity contribution is 0.102. The van der Waals surface area contributed by atoms with Gasteiger partial charge in [-0.15, -0.1) is 0 Å². The van der Waals surface area contributed by atoms with E-state index in [0.717, 1.165) is 61.1 Å². The zero-order valence-electron chi connectivity index (χ0n) is 20.0. The van der Waals surface area contributed by atoms with Crippen LogP contribution >= 0.6 is 0 Å². The lowest BCUT2D eigenvalue weighted by atomic mass is 9.99. The van der Waals surface area contributed by atoms with Crippen LogP contribution in [-0.4, -0.2) is 37.9 Å². The van der Waals surface area contributed by atoms with E-state index in [1.165, 1.54) is 16.7 Å². The quantitative estimate of drug-likeness (QED) is 0.380. The Balaban J connectivity index is 1.11. The van der Waals surface area contributed by atoms with Gasteiger partial charge in [-0.05, 0) is 70.8 Å². The third-order valence-electron chi connectivity index (χ3n) is 6.78. The van der Waals surface area contributed by atoms with Gasteiger partial charge in [0.2, 0.25) is 0 Å². The number of carbonyl (C=O) groups excluding carboxylic acids is 1. The van der Waals surface area contributed by atoms with Crippen LogP contribution in [0.15, 0.2) is 102 Å². The Kier molecular flexibility index (Phi) is 6.06. The molecule has 5 heteroatoms. The van der Waals surface area contributed by atoms with E-state index in [2.05, 4.69) is 52.7 Å². The minimum absolute atomic E-state index is 0.121. The highest BCUT2D eigenvalue weighted by Crippen LogP contribution is 2.33. The van der Waals surface area contributed by atoms with Crippen LogP contribution in [0.5, 0.6) is 0 Å². The first-order valence-corrected chi connectivity index (χ1v) is 12.3. The first kappa shape index (κ1) is 22.3. The summed E-state index contributed by atoms with van der Waals surface area (Å²) in [6.45, 7) is 3.29. The highest BCUT2D eigenvalue weighted by Gasteiger charge is 2.18. The number of anilines is 2. The van der Waals surface area contributed by atoms with Gasteiger partial charge in [-0.3, -0.25) is 9.79 Å². The maximum atomic E-state index is 12.8. The summed E-state index contributed by atoms with van der Waals surface area (Å²) < 4.78 is 5.42. The van der Waals surface area contributed by atoms with Gasteiger partial charge in [0, 0.05) is 36.4 Å². The van der Waals surface area contributed by atoms with Crippen molar-refractivity contribution in [1.29, 1.82) is 0 Å². The summed E-state index contributed by atoms with van der Waals surface area (Å²) in [5, 5.41) is 3.00. The Bertz CT molecular complexity index is 1400. The molecule has 0 atom stereocenters. The number of nitrogens with zero attached hydrogens (tertiary/aromatic N) is 2. The Morgan fingerprint density at radius 1 is 0.778 bits per heavy atom. The molecule has 4 aromatic carbocycles. The van der Waals surface area contributed by atoms with Gasteiger partial charge in [0.1, 0.15) is 0 Å². The summed E-state index contributed by atoms with van der Waals surface area (Å²) in [4.78, 5) is 20.0. The van der Waals surface area contributed by atoms with Gasteiger partial charge in [0.25, 0.3) is 5.91 Å². The number of rotatable bonds is 5. The van der Waals surface area contributed by atoms with Crippen molar-refractivity contribution in [1.82, 2.24) is 0 Å². The Labute approximate surface area is 211 Å². The minimum atomic E-state index is -0.121. The molecule has 4 aromatic rings. The van der Waals surface area contributed by atoms with Gasteiger partial charge >= 0.3 is 0 Å². The smallest absolute Gasteiger partial charge is 0.255 e. The molecule has 2 aliphatic heterocycles. The number of carbonyl (C=O) groups is 1. The van der Waals surface area contributed by atoms with Crippen LogP contribution in [0, 0.1) is 0 Å². The summed E-state index contributed by atoms with van der Waals surface area (Å²) in [5.74, 6) is -0.121. The molecule has 6 rings (SSSR count). The number of benzene rings is 4. The van der Waals surface area contributed by atoms with Crippen LogP contribution in [0.4, 0.5) is 17.1 Å². The Morgan fingerprint density at radius 2 is 1.50 bits per heavy atom. The summed E-state index contributed by atoms with van der Waals surface area (Å²) >= 11 is 0. The summed E-state index contributed by atoms with van der Waals surface area (Å²) in [5.41, 5.74) is 9.29. The molecule has 2 heterocycles. The summed E-state index contributed by atoms with van der Waals surface area (Å²) in [6.07, 6.45) is 0.789. The van der Waals surface area contributed by atoms with E-state index >= 15 is 0 Å². The second-order valence-corrected chi connectivity index (χ2v) is 9.12. The van der Waals surface area contributed by atoms with Crippen molar-refractivity contribution in [3.63, 3.8) is 0 Å². The van der Waals surface area contributed by atoms with Gasteiger partial charge in [0.05, 0.1) is 24.6 Å². The highest BCUT2D eigenvalue weighted by molar-refractivity contribution is 6.08. The molecule has 178 valence electrons. The number of amides is 1. The van der Waals surface area contributed by atoms with Crippen molar-refractivity contribution in [2.24, 2.45) is 4.99 Å². The Morgan fingerprint density at radius 3 is 2.25 bits per heavy atom. The van der Waals surface area contributed by atoms with Crippen LogP contribution < -0.4 is 10.2 Å². The largest absolute Gasteiger partial charge is 0.378 e. The molecule has 36 heavy (non-hydrogen) atoms. The lowest BCUT2D eigenvalue weighted by Crippen LogP contribution is -2.36. The zero-order valence-corrected chi connectivity index (χ0v) is 20.0. The predicted octanol–water partition coefficient (Wildman–Crippen LogP) is 6.12. The van der Waals surface area contributed by atoms with Crippen LogP contribution in [-0.2, 0) is 11.2 Å². The van der Waals surface area contributed by atoms with Crippen molar-refractivity contribution >= 4 is 28.7 Å². The second kappa shape index (κ2) is 9.80. The maximum absolute atomic E-state index is 12.8. The van der Waals surface area contributed by atoms with Crippen molar-refractivity contribution < 1.29 is 9.53 Å². The Hall–Kier alpha value is -4.22. The molecule has 1 N–H and O–H groups in total. The fraction of sp³-hybridized carbons (Fsp3) is 0.161. The predicted molar refractivity (Wildman–Crippen MR) is 146 cm³/mol. The number of nitrogens with one attached hydrogen (secondary N) is 1. The number of fused-ring (bicyclic) bond motifs is 1. The average Bonchev–Trinajstić information content (AvgIpc) is 3.38. The van der Waals surface area contributed by atoms with Crippen LogP contribution in [0.25, 0.3) is 11.1 Å². The number of aliphatic imine (C=N–C) groups is 1. The average molecular weight is 474 g/mol. The SMILES string of the molecule is O=C(Nc1ccc(N2CCOCC2)cc1)c1ccc(C2=Nc3ccc(-c4ccccc4)cc3C2)cc1. The molecule has 1 fully saturated rings. The van der Waals surface area contributed by atoms with Gasteiger partial charge in [-0.2, -0.15) is 0 Å². The van der Waals surface area contributed by atoms with Crippen molar-refractivity contribution in [3.8, 4) is 11.1 Å². The van der Waals surface area contributed by atoms with E-state index in [9.17, 15) is 4.79 Å². The van der Waals surface area contributed by atoms with Gasteiger partial charge in [-0.1, -0.05) is 48.5 Å². The molecular weight excluding hydrogens is 446 g/mol. The molecule has 0 aromatic heterocycles. The second-order valence-electron chi connectivity index (χ2n) is 9.12. The van der Waals surface area contributed by atoms with Gasteiger partial charge < -0.3 is 15.0 Å². The number of ether oxygens (including phenoxy) is 1. The molecule has 0 radical (unpaired) electrons. The number of hydrogen-bond donors (Lipinski definition) is 1. The van der Waals surface area contributed by atoms with Crippen molar-refractivity contribution in [3.05, 3.63) is 114 Å². The molecule has 0 unspecified atom stereocenters. The first-order chi connectivity index (χ1) is 17.7. The van der Waals surface area contributed by atoms with E-state index < -0.39 is 0 Å². The fourth-order valence-electron chi connectivity index (χ4n) is 4.77. The summed E-state index contributed by atoms with van der Waals surface area (Å²) in [6, 6.07) is 32.5. The fourth-order valence-corrected chi connectivity index (χ4v) is 4.77.